The minimum absolute atomic E-state index is 0.0322. The van der Waals surface area contributed by atoms with Gasteiger partial charge < -0.3 is 9.47 Å². The molecule has 0 bridgehead atoms. The molecule has 2 rings (SSSR count). The van der Waals surface area contributed by atoms with Crippen molar-refractivity contribution >= 4 is 35.1 Å². The second kappa shape index (κ2) is 7.51. The number of hydrogen-bond acceptors (Lipinski definition) is 5. The van der Waals surface area contributed by atoms with Gasteiger partial charge in [-0.2, -0.15) is 5.10 Å². The number of aromatic nitrogens is 2. The zero-order valence-corrected chi connectivity index (χ0v) is 14.5. The lowest BCUT2D eigenvalue weighted by Gasteiger charge is -2.08. The molecule has 0 fully saturated rings. The highest BCUT2D eigenvalue weighted by Crippen LogP contribution is 2.30. The van der Waals surface area contributed by atoms with Crippen LogP contribution in [0.5, 0.6) is 5.88 Å². The third-order valence-electron chi connectivity index (χ3n) is 3.13. The Morgan fingerprint density at radius 1 is 1.38 bits per heavy atom. The van der Waals surface area contributed by atoms with Gasteiger partial charge >= 0.3 is 6.16 Å². The van der Waals surface area contributed by atoms with E-state index in [-0.39, 0.29) is 28.6 Å². The van der Waals surface area contributed by atoms with Gasteiger partial charge in [-0.3, -0.25) is 4.79 Å². The van der Waals surface area contributed by atoms with Crippen molar-refractivity contribution in [2.75, 3.05) is 7.11 Å². The first-order valence-corrected chi connectivity index (χ1v) is 7.58. The van der Waals surface area contributed by atoms with Crippen molar-refractivity contribution in [2.45, 2.75) is 13.5 Å². The maximum Gasteiger partial charge on any atom is 0.514 e. The van der Waals surface area contributed by atoms with Crippen LogP contribution in [0.1, 0.15) is 21.6 Å². The van der Waals surface area contributed by atoms with E-state index >= 15 is 0 Å². The predicted molar refractivity (Wildman–Crippen MR) is 90.1 cm³/mol. The number of hydrogen-bond donors (Lipinski definition) is 0. The molecule has 1 aromatic carbocycles. The maximum atomic E-state index is 12.9. The molecule has 0 aliphatic rings. The highest BCUT2D eigenvalue weighted by Gasteiger charge is 2.27. The lowest BCUT2D eigenvalue weighted by atomic mass is 10.0. The van der Waals surface area contributed by atoms with Crippen LogP contribution in [0, 0.1) is 6.92 Å². The third-order valence-corrected chi connectivity index (χ3v) is 3.68. The first kappa shape index (κ1) is 18.0. The number of ether oxygens (including phenoxy) is 2. The normalized spacial score (nSPS) is 10.3. The summed E-state index contributed by atoms with van der Waals surface area (Å²) in [5, 5.41) is 4.80. The molecule has 0 aliphatic carbocycles. The second-order valence-corrected chi connectivity index (χ2v) is 5.59. The van der Waals surface area contributed by atoms with Gasteiger partial charge in [0, 0.05) is 10.6 Å². The lowest BCUT2D eigenvalue weighted by molar-refractivity contribution is 0.102. The number of aryl methyl sites for hydroxylation is 1. The maximum absolute atomic E-state index is 12.9. The first-order valence-electron chi connectivity index (χ1n) is 6.82. The fourth-order valence-electron chi connectivity index (χ4n) is 2.10. The summed E-state index contributed by atoms with van der Waals surface area (Å²) in [6.07, 6.45) is 0.594. The Labute approximate surface area is 148 Å². The summed E-state index contributed by atoms with van der Waals surface area (Å²) in [7, 11) is 1.17. The Hall–Kier alpha value is -2.31. The molecule has 8 heteroatoms. The van der Waals surface area contributed by atoms with E-state index in [4.69, 9.17) is 27.9 Å². The van der Waals surface area contributed by atoms with E-state index < -0.39 is 11.9 Å². The summed E-state index contributed by atoms with van der Waals surface area (Å²) in [6, 6.07) is 4.50. The van der Waals surface area contributed by atoms with E-state index in [9.17, 15) is 9.59 Å². The van der Waals surface area contributed by atoms with Gasteiger partial charge in [-0.25, -0.2) is 9.48 Å². The van der Waals surface area contributed by atoms with E-state index in [1.54, 1.807) is 19.1 Å². The molecule has 1 heterocycles. The molecule has 0 spiro atoms. The van der Waals surface area contributed by atoms with E-state index in [2.05, 4.69) is 16.4 Å². The fraction of sp³-hybridized carbons (Fsp3) is 0.188. The summed E-state index contributed by atoms with van der Waals surface area (Å²) in [6.45, 7) is 5.48. The van der Waals surface area contributed by atoms with Gasteiger partial charge in [-0.05, 0) is 25.1 Å². The van der Waals surface area contributed by atoms with Crippen LogP contribution in [0.15, 0.2) is 30.9 Å². The zero-order chi connectivity index (χ0) is 17.9. The van der Waals surface area contributed by atoms with Gasteiger partial charge in [-0.15, -0.1) is 6.58 Å². The summed E-state index contributed by atoms with van der Waals surface area (Å²) >= 11 is 12.0. The summed E-state index contributed by atoms with van der Waals surface area (Å²) in [5.74, 6) is -0.473. The zero-order valence-electron chi connectivity index (χ0n) is 13.0. The molecular weight excluding hydrogens is 355 g/mol. The number of ketones is 1. The molecule has 0 saturated heterocycles. The minimum atomic E-state index is -0.962. The summed E-state index contributed by atoms with van der Waals surface area (Å²) in [4.78, 5) is 24.4. The van der Waals surface area contributed by atoms with Gasteiger partial charge in [-0.1, -0.05) is 29.3 Å². The van der Waals surface area contributed by atoms with Crippen molar-refractivity contribution in [1.82, 2.24) is 9.78 Å². The largest absolute Gasteiger partial charge is 0.514 e. The van der Waals surface area contributed by atoms with Crippen LogP contribution in [0.25, 0.3) is 0 Å². The van der Waals surface area contributed by atoms with Crippen molar-refractivity contribution in [3.05, 3.63) is 57.7 Å². The number of methoxy groups -OCH3 is 1. The number of carbonyl (C=O) groups excluding carboxylic acids is 2. The topological polar surface area (TPSA) is 70.4 Å². The van der Waals surface area contributed by atoms with Crippen molar-refractivity contribution in [1.29, 1.82) is 0 Å². The van der Waals surface area contributed by atoms with Crippen LogP contribution in [0.3, 0.4) is 0 Å². The Bertz CT molecular complexity index is 815. The van der Waals surface area contributed by atoms with Crippen LogP contribution in [0.2, 0.25) is 10.0 Å². The highest BCUT2D eigenvalue weighted by molar-refractivity contribution is 6.37. The molecule has 126 valence electrons. The molecule has 0 atom stereocenters. The van der Waals surface area contributed by atoms with Crippen LogP contribution in [0.4, 0.5) is 4.79 Å². The van der Waals surface area contributed by atoms with Crippen LogP contribution >= 0.6 is 23.2 Å². The van der Waals surface area contributed by atoms with Crippen LogP contribution in [-0.2, 0) is 11.3 Å². The molecular formula is C16H14Cl2N2O4. The Morgan fingerprint density at radius 2 is 2.08 bits per heavy atom. The minimum Gasteiger partial charge on any atom is -0.437 e. The molecule has 0 aliphatic heterocycles. The first-order chi connectivity index (χ1) is 11.4. The van der Waals surface area contributed by atoms with E-state index in [1.165, 1.54) is 23.9 Å². The van der Waals surface area contributed by atoms with Crippen molar-refractivity contribution in [2.24, 2.45) is 0 Å². The van der Waals surface area contributed by atoms with Gasteiger partial charge in [0.1, 0.15) is 5.56 Å². The van der Waals surface area contributed by atoms with E-state index in [0.717, 1.165) is 0 Å². The van der Waals surface area contributed by atoms with Crippen LogP contribution in [-0.4, -0.2) is 28.8 Å². The quantitative estimate of drug-likeness (QED) is 0.452. The summed E-state index contributed by atoms with van der Waals surface area (Å²) in [5.41, 5.74) is 0.718. The Kier molecular flexibility index (Phi) is 5.64. The van der Waals surface area contributed by atoms with Gasteiger partial charge in [0.2, 0.25) is 11.7 Å². The Morgan fingerprint density at radius 3 is 2.67 bits per heavy atom. The number of allylic oxidation sites excluding steroid dienone is 1. The fourth-order valence-corrected chi connectivity index (χ4v) is 2.59. The van der Waals surface area contributed by atoms with E-state index in [0.29, 0.717) is 10.7 Å². The number of carbonyl (C=O) groups is 2. The second-order valence-electron chi connectivity index (χ2n) is 4.75. The molecule has 2 aromatic rings. The van der Waals surface area contributed by atoms with Gasteiger partial charge in [0.05, 0.1) is 24.4 Å². The van der Waals surface area contributed by atoms with Crippen molar-refractivity contribution in [3.8, 4) is 5.88 Å². The van der Waals surface area contributed by atoms with Crippen molar-refractivity contribution in [3.63, 3.8) is 0 Å². The average molecular weight is 369 g/mol. The Balaban J connectivity index is 2.57. The van der Waals surface area contributed by atoms with E-state index in [1.807, 2.05) is 0 Å². The number of benzene rings is 1. The molecule has 0 N–H and O–H groups in total. The highest BCUT2D eigenvalue weighted by atomic mass is 35.5. The number of nitrogens with zero attached hydrogens (tertiary/aromatic N) is 2. The molecule has 0 amide bonds. The standard InChI is InChI=1S/C16H14Cl2N2O4/c1-4-7-20-15(24-16(22)23-3)13(9(2)19-20)14(21)11-6-5-10(17)8-12(11)18/h4-6,8H,1,7H2,2-3H3. The third kappa shape index (κ3) is 3.60. The van der Waals surface area contributed by atoms with Gasteiger partial charge in [0.25, 0.3) is 0 Å². The SMILES string of the molecule is C=CCn1nc(C)c(C(=O)c2ccc(Cl)cc2Cl)c1OC(=O)OC. The van der Waals surface area contributed by atoms with Crippen molar-refractivity contribution < 1.29 is 19.1 Å². The average Bonchev–Trinajstić information content (AvgIpc) is 2.82. The lowest BCUT2D eigenvalue weighted by Crippen LogP contribution is -2.14. The van der Waals surface area contributed by atoms with Crippen LogP contribution < -0.4 is 4.74 Å². The summed E-state index contributed by atoms with van der Waals surface area (Å²) < 4.78 is 10.9. The molecule has 1 aromatic heterocycles. The molecule has 0 radical (unpaired) electrons. The predicted octanol–water partition coefficient (Wildman–Crippen LogP) is 4.06. The van der Waals surface area contributed by atoms with Gasteiger partial charge in [0.15, 0.2) is 0 Å². The molecule has 6 nitrogen and oxygen atoms in total. The molecule has 0 saturated carbocycles. The molecule has 24 heavy (non-hydrogen) atoms. The number of halogens is 2. The molecule has 0 unspecified atom stereocenters. The number of rotatable bonds is 5. The smallest absolute Gasteiger partial charge is 0.437 e. The monoisotopic (exact) mass is 368 g/mol.